The number of nitrogens with two attached hydrogens (primary N) is 2. The normalized spacial score (nSPS) is 9.25. The Morgan fingerprint density at radius 3 is 2.17 bits per heavy atom. The molecule has 1 aromatic rings. The molecule has 0 amide bonds. The molecule has 1 rings (SSSR count). The van der Waals surface area contributed by atoms with Crippen molar-refractivity contribution < 1.29 is 8.78 Å². The first-order valence-corrected chi connectivity index (χ1v) is 3.08. The molecular weight excluding hydrogens is 186 g/mol. The van der Waals surface area contributed by atoms with Crippen LogP contribution >= 0.6 is 12.4 Å². The van der Waals surface area contributed by atoms with E-state index in [1.54, 1.807) is 0 Å². The molecule has 0 heterocycles. The smallest absolute Gasteiger partial charge is 0.160 e. The van der Waals surface area contributed by atoms with E-state index in [0.717, 1.165) is 12.1 Å². The lowest BCUT2D eigenvalue weighted by molar-refractivity contribution is 0.508. The van der Waals surface area contributed by atoms with Crippen LogP contribution in [0, 0.1) is 11.6 Å². The SMILES string of the molecule is Cl.NCc1cc(F)c(F)cc1N. The van der Waals surface area contributed by atoms with Gasteiger partial charge in [-0.1, -0.05) is 0 Å². The standard InChI is InChI=1S/C7H8F2N2.ClH/c8-5-1-4(3-10)7(11)2-6(5)9;/h1-2H,3,10-11H2;1H. The maximum absolute atomic E-state index is 12.5. The Labute approximate surface area is 75.0 Å². The highest BCUT2D eigenvalue weighted by molar-refractivity contribution is 5.85. The van der Waals surface area contributed by atoms with Crippen molar-refractivity contribution in [3.05, 3.63) is 29.3 Å². The minimum Gasteiger partial charge on any atom is -0.398 e. The van der Waals surface area contributed by atoms with E-state index in [1.165, 1.54) is 0 Å². The van der Waals surface area contributed by atoms with Crippen molar-refractivity contribution in [1.82, 2.24) is 0 Å². The number of halogens is 3. The molecule has 0 bridgehead atoms. The fourth-order valence-corrected chi connectivity index (χ4v) is 0.780. The van der Waals surface area contributed by atoms with E-state index < -0.39 is 11.6 Å². The molecule has 5 heteroatoms. The quantitative estimate of drug-likeness (QED) is 0.665. The van der Waals surface area contributed by atoms with Crippen LogP contribution in [0.5, 0.6) is 0 Å². The molecule has 0 atom stereocenters. The van der Waals surface area contributed by atoms with Gasteiger partial charge in [-0.15, -0.1) is 12.4 Å². The Hall–Kier alpha value is -0.870. The number of benzene rings is 1. The minimum absolute atomic E-state index is 0. The molecule has 0 saturated heterocycles. The summed E-state index contributed by atoms with van der Waals surface area (Å²) in [7, 11) is 0. The second-order valence-electron chi connectivity index (χ2n) is 2.17. The monoisotopic (exact) mass is 194 g/mol. The summed E-state index contributed by atoms with van der Waals surface area (Å²) in [4.78, 5) is 0. The van der Waals surface area contributed by atoms with Gasteiger partial charge in [-0.3, -0.25) is 0 Å². The van der Waals surface area contributed by atoms with Gasteiger partial charge in [0.15, 0.2) is 11.6 Å². The predicted molar refractivity (Wildman–Crippen MR) is 45.9 cm³/mol. The third-order valence-electron chi connectivity index (χ3n) is 1.40. The Balaban J connectivity index is 0.00000121. The van der Waals surface area contributed by atoms with Gasteiger partial charge < -0.3 is 11.5 Å². The van der Waals surface area contributed by atoms with E-state index in [0.29, 0.717) is 5.56 Å². The summed E-state index contributed by atoms with van der Waals surface area (Å²) < 4.78 is 24.9. The number of anilines is 1. The van der Waals surface area contributed by atoms with Crippen LogP contribution in [-0.2, 0) is 6.54 Å². The zero-order chi connectivity index (χ0) is 8.43. The van der Waals surface area contributed by atoms with Gasteiger partial charge in [-0.2, -0.15) is 0 Å². The van der Waals surface area contributed by atoms with Gasteiger partial charge in [0.1, 0.15) is 0 Å². The van der Waals surface area contributed by atoms with E-state index in [9.17, 15) is 8.78 Å². The molecule has 1 aromatic carbocycles. The first-order chi connectivity index (χ1) is 5.15. The molecule has 0 saturated carbocycles. The van der Waals surface area contributed by atoms with E-state index in [1.807, 2.05) is 0 Å². The van der Waals surface area contributed by atoms with Crippen LogP contribution in [0.4, 0.5) is 14.5 Å². The molecule has 12 heavy (non-hydrogen) atoms. The third-order valence-corrected chi connectivity index (χ3v) is 1.40. The molecule has 0 radical (unpaired) electrons. The van der Waals surface area contributed by atoms with Crippen molar-refractivity contribution in [2.45, 2.75) is 6.54 Å². The van der Waals surface area contributed by atoms with E-state index in [4.69, 9.17) is 11.5 Å². The van der Waals surface area contributed by atoms with E-state index in [-0.39, 0.29) is 24.6 Å². The number of hydrogen-bond acceptors (Lipinski definition) is 2. The van der Waals surface area contributed by atoms with Crippen LogP contribution in [0.15, 0.2) is 12.1 Å². The lowest BCUT2D eigenvalue weighted by Gasteiger charge is -2.02. The molecule has 0 aliphatic carbocycles. The van der Waals surface area contributed by atoms with Crippen molar-refractivity contribution >= 4 is 18.1 Å². The molecule has 0 unspecified atom stereocenters. The van der Waals surface area contributed by atoms with Crippen LogP contribution in [-0.4, -0.2) is 0 Å². The summed E-state index contributed by atoms with van der Waals surface area (Å²) in [6.45, 7) is 0.114. The van der Waals surface area contributed by atoms with Gasteiger partial charge in [0.25, 0.3) is 0 Å². The zero-order valence-corrected chi connectivity index (χ0v) is 7.00. The van der Waals surface area contributed by atoms with Crippen molar-refractivity contribution in [2.75, 3.05) is 5.73 Å². The van der Waals surface area contributed by atoms with Crippen molar-refractivity contribution in [3.63, 3.8) is 0 Å². The van der Waals surface area contributed by atoms with Crippen LogP contribution in [0.2, 0.25) is 0 Å². The summed E-state index contributed by atoms with van der Waals surface area (Å²) in [6, 6.07) is 1.93. The molecule has 0 aliphatic heterocycles. The Morgan fingerprint density at radius 1 is 1.17 bits per heavy atom. The Kier molecular flexibility index (Phi) is 3.92. The molecular formula is C7H9ClF2N2. The highest BCUT2D eigenvalue weighted by Gasteiger charge is 2.05. The van der Waals surface area contributed by atoms with Gasteiger partial charge in [0.2, 0.25) is 0 Å². The largest absolute Gasteiger partial charge is 0.398 e. The van der Waals surface area contributed by atoms with Crippen molar-refractivity contribution in [1.29, 1.82) is 0 Å². The van der Waals surface area contributed by atoms with E-state index in [2.05, 4.69) is 0 Å². The Morgan fingerprint density at radius 2 is 1.67 bits per heavy atom. The summed E-state index contributed by atoms with van der Waals surface area (Å²) in [5.74, 6) is -1.86. The maximum atomic E-state index is 12.5. The average molecular weight is 195 g/mol. The lowest BCUT2D eigenvalue weighted by Crippen LogP contribution is -2.03. The highest BCUT2D eigenvalue weighted by atomic mass is 35.5. The van der Waals surface area contributed by atoms with Crippen molar-refractivity contribution in [3.8, 4) is 0 Å². The van der Waals surface area contributed by atoms with Crippen LogP contribution in [0.1, 0.15) is 5.56 Å². The van der Waals surface area contributed by atoms with Gasteiger partial charge in [-0.05, 0) is 11.6 Å². The molecule has 0 aliphatic rings. The highest BCUT2D eigenvalue weighted by Crippen LogP contribution is 2.15. The second-order valence-corrected chi connectivity index (χ2v) is 2.17. The summed E-state index contributed by atoms with van der Waals surface area (Å²) in [6.07, 6.45) is 0. The maximum Gasteiger partial charge on any atom is 0.160 e. The van der Waals surface area contributed by atoms with Gasteiger partial charge in [0.05, 0.1) is 0 Å². The minimum atomic E-state index is -0.945. The topological polar surface area (TPSA) is 52.0 Å². The summed E-state index contributed by atoms with van der Waals surface area (Å²) in [5.41, 5.74) is 11.1. The van der Waals surface area contributed by atoms with Gasteiger partial charge >= 0.3 is 0 Å². The molecule has 0 fully saturated rings. The zero-order valence-electron chi connectivity index (χ0n) is 6.18. The molecule has 0 aromatic heterocycles. The first-order valence-electron chi connectivity index (χ1n) is 3.08. The summed E-state index contributed by atoms with van der Waals surface area (Å²) in [5, 5.41) is 0. The fourth-order valence-electron chi connectivity index (χ4n) is 0.780. The van der Waals surface area contributed by atoms with E-state index >= 15 is 0 Å². The van der Waals surface area contributed by atoms with Crippen LogP contribution in [0.3, 0.4) is 0 Å². The predicted octanol–water partition coefficient (Wildman–Crippen LogP) is 1.43. The average Bonchev–Trinajstić information content (AvgIpc) is 1.97. The van der Waals surface area contributed by atoms with Gasteiger partial charge in [-0.25, -0.2) is 8.78 Å². The second kappa shape index (κ2) is 4.23. The van der Waals surface area contributed by atoms with Crippen molar-refractivity contribution in [2.24, 2.45) is 5.73 Å². The summed E-state index contributed by atoms with van der Waals surface area (Å²) >= 11 is 0. The Bertz CT molecular complexity index is 278. The number of hydrogen-bond donors (Lipinski definition) is 2. The van der Waals surface area contributed by atoms with Crippen LogP contribution in [0.25, 0.3) is 0 Å². The van der Waals surface area contributed by atoms with Gasteiger partial charge in [0, 0.05) is 18.3 Å². The molecule has 4 N–H and O–H groups in total. The molecule has 68 valence electrons. The van der Waals surface area contributed by atoms with Crippen LogP contribution < -0.4 is 11.5 Å². The first kappa shape index (κ1) is 11.1. The number of rotatable bonds is 1. The fraction of sp³-hybridized carbons (Fsp3) is 0.143. The lowest BCUT2D eigenvalue weighted by atomic mass is 10.2. The number of nitrogen functional groups attached to an aromatic ring is 1. The third kappa shape index (κ3) is 2.06. The molecule has 2 nitrogen and oxygen atoms in total. The molecule has 0 spiro atoms.